The fraction of sp³-hybridized carbons (Fsp3) is 0.778. The van der Waals surface area contributed by atoms with Crippen LogP contribution < -0.4 is 0 Å². The molecule has 8 atom stereocenters. The molecule has 0 heteroatoms. The maximum Gasteiger partial charge on any atom is -0.0168 e. The Morgan fingerprint density at radius 2 is 1.56 bits per heavy atom. The van der Waals surface area contributed by atoms with Gasteiger partial charge in [-0.05, 0) is 85.9 Å². The van der Waals surface area contributed by atoms with Crippen molar-refractivity contribution < 1.29 is 0 Å². The predicted molar refractivity (Wildman–Crippen MR) is 73.9 cm³/mol. The highest BCUT2D eigenvalue weighted by molar-refractivity contribution is 5.19. The molecule has 5 aliphatic rings. The van der Waals surface area contributed by atoms with Gasteiger partial charge >= 0.3 is 0 Å². The second kappa shape index (κ2) is 3.52. The molecule has 0 saturated heterocycles. The average Bonchev–Trinajstić information content (AvgIpc) is 3.03. The van der Waals surface area contributed by atoms with Crippen LogP contribution in [-0.2, 0) is 0 Å². The third-order valence-corrected chi connectivity index (χ3v) is 7.37. The zero-order valence-corrected chi connectivity index (χ0v) is 11.2. The fourth-order valence-corrected chi connectivity index (χ4v) is 7.10. The fourth-order valence-electron chi connectivity index (χ4n) is 7.10. The molecule has 0 aromatic carbocycles. The van der Waals surface area contributed by atoms with Gasteiger partial charge in [0, 0.05) is 0 Å². The molecule has 0 amide bonds. The lowest BCUT2D eigenvalue weighted by atomic mass is 9.62. The smallest absolute Gasteiger partial charge is 0.0168 e. The molecule has 96 valence electrons. The number of allylic oxidation sites excluding steroid dienone is 4. The third kappa shape index (κ3) is 1.13. The highest BCUT2D eigenvalue weighted by Crippen LogP contribution is 2.71. The van der Waals surface area contributed by atoms with E-state index in [4.69, 9.17) is 0 Å². The Hall–Kier alpha value is -0.520. The first-order valence-electron chi connectivity index (χ1n) is 8.27. The predicted octanol–water partition coefficient (Wildman–Crippen LogP) is 4.44. The molecule has 18 heavy (non-hydrogen) atoms. The van der Waals surface area contributed by atoms with E-state index in [0.29, 0.717) is 0 Å². The molecule has 0 aromatic heterocycles. The Labute approximate surface area is 111 Å². The molecule has 5 rings (SSSR count). The lowest BCUT2D eigenvalue weighted by Crippen LogP contribution is -2.37. The summed E-state index contributed by atoms with van der Waals surface area (Å²) in [6.07, 6.45) is 18.8. The van der Waals surface area contributed by atoms with Crippen molar-refractivity contribution in [2.45, 2.75) is 38.5 Å². The molecule has 0 radical (unpaired) electrons. The third-order valence-electron chi connectivity index (χ3n) is 7.37. The van der Waals surface area contributed by atoms with Crippen LogP contribution in [0.2, 0.25) is 0 Å². The monoisotopic (exact) mass is 240 g/mol. The van der Waals surface area contributed by atoms with Crippen LogP contribution in [0.15, 0.2) is 24.3 Å². The van der Waals surface area contributed by atoms with Crippen LogP contribution in [0.5, 0.6) is 0 Å². The lowest BCUT2D eigenvalue weighted by molar-refractivity contribution is 0.0711. The van der Waals surface area contributed by atoms with Gasteiger partial charge in [0.25, 0.3) is 0 Å². The summed E-state index contributed by atoms with van der Waals surface area (Å²) in [7, 11) is 0. The van der Waals surface area contributed by atoms with E-state index in [9.17, 15) is 0 Å². The van der Waals surface area contributed by atoms with E-state index in [1.807, 2.05) is 0 Å². The molecular weight excluding hydrogens is 216 g/mol. The molecule has 4 saturated carbocycles. The summed E-state index contributed by atoms with van der Waals surface area (Å²) >= 11 is 0. The van der Waals surface area contributed by atoms with Crippen molar-refractivity contribution in [3.63, 3.8) is 0 Å². The maximum atomic E-state index is 2.59. The standard InChI is InChI=1S/C18H24/c1-2-4-6-14-13(5-3-1)15-10-16(14)18-12-8-7-11(9-12)17(15)18/h1-3,5,11-18H,4,6-10H2/t11?,12?,13?,14?,15?,16-,17?,18?/m0/s1. The normalized spacial score (nSPS) is 59.6. The minimum Gasteiger partial charge on any atom is -0.0845 e. The van der Waals surface area contributed by atoms with E-state index in [-0.39, 0.29) is 0 Å². The van der Waals surface area contributed by atoms with Crippen molar-refractivity contribution in [2.75, 3.05) is 0 Å². The summed E-state index contributed by atoms with van der Waals surface area (Å²) < 4.78 is 0. The molecule has 0 spiro atoms. The summed E-state index contributed by atoms with van der Waals surface area (Å²) in [6, 6.07) is 0. The summed E-state index contributed by atoms with van der Waals surface area (Å²) in [6.45, 7) is 0. The van der Waals surface area contributed by atoms with Gasteiger partial charge in [0.2, 0.25) is 0 Å². The Balaban J connectivity index is 1.53. The number of fused-ring (bicyclic) bond motifs is 12. The quantitative estimate of drug-likeness (QED) is 0.549. The summed E-state index contributed by atoms with van der Waals surface area (Å²) in [5, 5.41) is 0. The SMILES string of the molecule is C1=CCCC2C(C=C1)C1C[C@@H]2C2C3CCC(C3)C12. The van der Waals surface area contributed by atoms with E-state index in [1.165, 1.54) is 18.8 Å². The summed E-state index contributed by atoms with van der Waals surface area (Å²) in [5.41, 5.74) is 0. The second-order valence-corrected chi connectivity index (χ2v) is 7.68. The van der Waals surface area contributed by atoms with E-state index >= 15 is 0 Å². The van der Waals surface area contributed by atoms with Gasteiger partial charge in [0.05, 0.1) is 0 Å². The average molecular weight is 240 g/mol. The van der Waals surface area contributed by atoms with Crippen molar-refractivity contribution in [2.24, 2.45) is 47.3 Å². The van der Waals surface area contributed by atoms with E-state index in [2.05, 4.69) is 24.3 Å². The minimum absolute atomic E-state index is 0.959. The molecule has 0 aliphatic heterocycles. The van der Waals surface area contributed by atoms with Gasteiger partial charge in [-0.15, -0.1) is 0 Å². The van der Waals surface area contributed by atoms with Crippen molar-refractivity contribution in [1.29, 1.82) is 0 Å². The Kier molecular flexibility index (Phi) is 2.01. The molecule has 0 aromatic rings. The summed E-state index contributed by atoms with van der Waals surface area (Å²) in [5.74, 6) is 8.85. The van der Waals surface area contributed by atoms with Gasteiger partial charge in [-0.25, -0.2) is 0 Å². The lowest BCUT2D eigenvalue weighted by Gasteiger charge is -2.42. The number of hydrogen-bond acceptors (Lipinski definition) is 0. The summed E-state index contributed by atoms with van der Waals surface area (Å²) in [4.78, 5) is 0. The highest BCUT2D eigenvalue weighted by Gasteiger charge is 2.64. The van der Waals surface area contributed by atoms with Crippen LogP contribution in [-0.4, -0.2) is 0 Å². The van der Waals surface area contributed by atoms with Crippen molar-refractivity contribution in [3.05, 3.63) is 24.3 Å². The molecule has 5 aliphatic carbocycles. The van der Waals surface area contributed by atoms with E-state index in [1.54, 1.807) is 25.7 Å². The van der Waals surface area contributed by atoms with Crippen LogP contribution in [0.3, 0.4) is 0 Å². The minimum atomic E-state index is 0.959. The van der Waals surface area contributed by atoms with Crippen molar-refractivity contribution in [3.8, 4) is 0 Å². The first kappa shape index (κ1) is 10.3. The molecule has 0 heterocycles. The number of rotatable bonds is 0. The van der Waals surface area contributed by atoms with Crippen LogP contribution in [0.25, 0.3) is 0 Å². The van der Waals surface area contributed by atoms with Gasteiger partial charge in [-0.3, -0.25) is 0 Å². The molecule has 0 nitrogen and oxygen atoms in total. The molecule has 7 unspecified atom stereocenters. The van der Waals surface area contributed by atoms with Crippen molar-refractivity contribution >= 4 is 0 Å². The van der Waals surface area contributed by atoms with Gasteiger partial charge in [-0.1, -0.05) is 24.3 Å². The Morgan fingerprint density at radius 1 is 0.722 bits per heavy atom. The van der Waals surface area contributed by atoms with E-state index in [0.717, 1.165) is 41.4 Å². The van der Waals surface area contributed by atoms with Crippen LogP contribution in [0, 0.1) is 47.3 Å². The zero-order valence-electron chi connectivity index (χ0n) is 11.2. The molecule has 4 fully saturated rings. The first-order valence-corrected chi connectivity index (χ1v) is 8.27. The van der Waals surface area contributed by atoms with Gasteiger partial charge < -0.3 is 0 Å². The van der Waals surface area contributed by atoms with Gasteiger partial charge in [-0.2, -0.15) is 0 Å². The van der Waals surface area contributed by atoms with Gasteiger partial charge in [0.15, 0.2) is 0 Å². The largest absolute Gasteiger partial charge is 0.0845 e. The second-order valence-electron chi connectivity index (χ2n) is 7.68. The molecular formula is C18H24. The highest BCUT2D eigenvalue weighted by atomic mass is 14.7. The Bertz CT molecular complexity index is 418. The topological polar surface area (TPSA) is 0 Å². The number of hydrogen-bond donors (Lipinski definition) is 0. The van der Waals surface area contributed by atoms with Crippen LogP contribution in [0.4, 0.5) is 0 Å². The van der Waals surface area contributed by atoms with E-state index < -0.39 is 0 Å². The molecule has 0 N–H and O–H groups in total. The zero-order chi connectivity index (χ0) is 11.7. The van der Waals surface area contributed by atoms with Crippen LogP contribution >= 0.6 is 0 Å². The first-order chi connectivity index (χ1) is 8.93. The van der Waals surface area contributed by atoms with Gasteiger partial charge in [0.1, 0.15) is 0 Å². The maximum absolute atomic E-state index is 2.59. The van der Waals surface area contributed by atoms with Crippen LogP contribution in [0.1, 0.15) is 38.5 Å². The Morgan fingerprint density at radius 3 is 2.44 bits per heavy atom. The van der Waals surface area contributed by atoms with Crippen molar-refractivity contribution in [1.82, 2.24) is 0 Å². The molecule has 4 bridgehead atoms.